The number of aromatic amines is 1. The highest BCUT2D eigenvalue weighted by Crippen LogP contribution is 2.14. The third-order valence-corrected chi connectivity index (χ3v) is 2.18. The normalized spacial score (nSPS) is 10.5. The van der Waals surface area contributed by atoms with Crippen LogP contribution in [-0.2, 0) is 0 Å². The molecule has 0 atom stereocenters. The number of nitrogens with zero attached hydrogens (tertiary/aromatic N) is 5. The van der Waals surface area contributed by atoms with Gasteiger partial charge in [-0.15, -0.1) is 0 Å². The molecule has 0 amide bonds. The first-order chi connectivity index (χ1) is 7.93. The predicted molar refractivity (Wildman–Crippen MR) is 56.7 cm³/mol. The Morgan fingerprint density at radius 1 is 1.25 bits per heavy atom. The molecule has 0 aromatic carbocycles. The van der Waals surface area contributed by atoms with Gasteiger partial charge in [0.1, 0.15) is 6.33 Å². The maximum absolute atomic E-state index is 4.23. The van der Waals surface area contributed by atoms with Crippen LogP contribution in [0.4, 0.5) is 0 Å². The highest BCUT2D eigenvalue weighted by Gasteiger charge is 2.04. The molecule has 78 valence electrons. The zero-order chi connectivity index (χ0) is 10.8. The molecule has 0 bridgehead atoms. The lowest BCUT2D eigenvalue weighted by Gasteiger charge is -1.97. The number of nitrogens with one attached hydrogen (secondary N) is 1. The molecule has 1 N–H and O–H groups in total. The second-order valence-corrected chi connectivity index (χ2v) is 3.22. The van der Waals surface area contributed by atoms with E-state index in [9.17, 15) is 0 Å². The zero-order valence-corrected chi connectivity index (χ0v) is 8.28. The lowest BCUT2D eigenvalue weighted by Crippen LogP contribution is -1.93. The van der Waals surface area contributed by atoms with Gasteiger partial charge >= 0.3 is 0 Å². The fraction of sp³-hybridized carbons (Fsp3) is 0. The summed E-state index contributed by atoms with van der Waals surface area (Å²) in [6.45, 7) is 0. The Morgan fingerprint density at radius 2 is 2.25 bits per heavy atom. The van der Waals surface area contributed by atoms with Crippen LogP contribution >= 0.6 is 0 Å². The van der Waals surface area contributed by atoms with Gasteiger partial charge in [0.2, 0.25) is 0 Å². The third kappa shape index (κ3) is 1.46. The molecular formula is C10H8N6. The van der Waals surface area contributed by atoms with Gasteiger partial charge < -0.3 is 0 Å². The summed E-state index contributed by atoms with van der Waals surface area (Å²) < 4.78 is 1.74. The van der Waals surface area contributed by atoms with Crippen LogP contribution in [0.25, 0.3) is 17.1 Å². The lowest BCUT2D eigenvalue weighted by molar-refractivity contribution is 0.874. The Balaban J connectivity index is 2.00. The molecule has 0 radical (unpaired) electrons. The topological polar surface area (TPSA) is 72.3 Å². The molecule has 0 aliphatic heterocycles. The monoisotopic (exact) mass is 212 g/mol. The Hall–Kier alpha value is -2.50. The summed E-state index contributed by atoms with van der Waals surface area (Å²) in [6, 6.07) is 3.80. The molecule has 0 aliphatic rings. The number of aromatic nitrogens is 6. The van der Waals surface area contributed by atoms with E-state index < -0.39 is 0 Å². The maximum Gasteiger partial charge on any atom is 0.158 e. The van der Waals surface area contributed by atoms with E-state index in [2.05, 4.69) is 25.3 Å². The summed E-state index contributed by atoms with van der Waals surface area (Å²) in [5, 5.41) is 10.8. The highest BCUT2D eigenvalue weighted by molar-refractivity contribution is 5.52. The van der Waals surface area contributed by atoms with E-state index in [0.29, 0.717) is 5.82 Å². The SMILES string of the molecule is c1cncc(-n2cc(-c3ncn[nH]3)cn2)c1. The van der Waals surface area contributed by atoms with Crippen molar-refractivity contribution in [1.82, 2.24) is 29.9 Å². The summed E-state index contributed by atoms with van der Waals surface area (Å²) >= 11 is 0. The second kappa shape index (κ2) is 3.58. The molecule has 3 aromatic heterocycles. The van der Waals surface area contributed by atoms with Crippen LogP contribution in [0, 0.1) is 0 Å². The average Bonchev–Trinajstić information content (AvgIpc) is 3.01. The first kappa shape index (κ1) is 8.78. The van der Waals surface area contributed by atoms with Gasteiger partial charge in [-0.2, -0.15) is 10.2 Å². The maximum atomic E-state index is 4.23. The van der Waals surface area contributed by atoms with Crippen molar-refractivity contribution in [2.75, 3.05) is 0 Å². The Kier molecular flexibility index (Phi) is 1.96. The van der Waals surface area contributed by atoms with Crippen LogP contribution in [0.2, 0.25) is 0 Å². The fourth-order valence-electron chi connectivity index (χ4n) is 1.42. The van der Waals surface area contributed by atoms with Gasteiger partial charge in [-0.25, -0.2) is 9.67 Å². The summed E-state index contributed by atoms with van der Waals surface area (Å²) in [5.41, 5.74) is 1.80. The van der Waals surface area contributed by atoms with Crippen molar-refractivity contribution in [3.63, 3.8) is 0 Å². The van der Waals surface area contributed by atoms with Crippen LogP contribution in [-0.4, -0.2) is 29.9 Å². The Labute approximate surface area is 91.0 Å². The van der Waals surface area contributed by atoms with Crippen molar-refractivity contribution in [3.05, 3.63) is 43.2 Å². The van der Waals surface area contributed by atoms with Gasteiger partial charge in [-0.3, -0.25) is 10.1 Å². The first-order valence-electron chi connectivity index (χ1n) is 4.74. The summed E-state index contributed by atoms with van der Waals surface area (Å²) in [5.74, 6) is 0.704. The third-order valence-electron chi connectivity index (χ3n) is 2.18. The summed E-state index contributed by atoms with van der Waals surface area (Å²) in [7, 11) is 0. The molecule has 0 saturated carbocycles. The molecule has 3 heterocycles. The molecule has 6 nitrogen and oxygen atoms in total. The largest absolute Gasteiger partial charge is 0.262 e. The van der Waals surface area contributed by atoms with Crippen molar-refractivity contribution >= 4 is 0 Å². The van der Waals surface area contributed by atoms with E-state index in [1.54, 1.807) is 23.3 Å². The van der Waals surface area contributed by atoms with Crippen LogP contribution in [0.3, 0.4) is 0 Å². The molecule has 6 heteroatoms. The number of H-pyrrole nitrogens is 1. The van der Waals surface area contributed by atoms with Crippen molar-refractivity contribution in [2.45, 2.75) is 0 Å². The smallest absolute Gasteiger partial charge is 0.158 e. The zero-order valence-electron chi connectivity index (χ0n) is 8.28. The number of pyridine rings is 1. The van der Waals surface area contributed by atoms with Crippen LogP contribution in [0.15, 0.2) is 43.2 Å². The predicted octanol–water partition coefficient (Wildman–Crippen LogP) is 1.05. The fourth-order valence-corrected chi connectivity index (χ4v) is 1.42. The van der Waals surface area contributed by atoms with E-state index in [4.69, 9.17) is 0 Å². The van der Waals surface area contributed by atoms with Gasteiger partial charge in [0.15, 0.2) is 5.82 Å². The molecule has 3 aromatic rings. The molecule has 0 aliphatic carbocycles. The first-order valence-corrected chi connectivity index (χ1v) is 4.74. The minimum absolute atomic E-state index is 0.704. The van der Waals surface area contributed by atoms with Gasteiger partial charge in [-0.05, 0) is 12.1 Å². The number of rotatable bonds is 2. The van der Waals surface area contributed by atoms with Gasteiger partial charge in [0.25, 0.3) is 0 Å². The van der Waals surface area contributed by atoms with E-state index in [1.165, 1.54) is 6.33 Å². The van der Waals surface area contributed by atoms with Crippen LogP contribution in [0.5, 0.6) is 0 Å². The molecule has 0 spiro atoms. The highest BCUT2D eigenvalue weighted by atomic mass is 15.3. The Bertz CT molecular complexity index is 568. The standard InChI is InChI=1S/C10H8N6/c1-2-9(5-11-3-1)16-6-8(4-14-16)10-12-7-13-15-10/h1-7H,(H,12,13,15). The van der Waals surface area contributed by atoms with Crippen molar-refractivity contribution in [2.24, 2.45) is 0 Å². The Morgan fingerprint density at radius 3 is 3.00 bits per heavy atom. The van der Waals surface area contributed by atoms with E-state index in [1.807, 2.05) is 18.3 Å². The molecule has 0 unspecified atom stereocenters. The minimum Gasteiger partial charge on any atom is -0.262 e. The summed E-state index contributed by atoms with van der Waals surface area (Å²) in [4.78, 5) is 8.09. The molecular weight excluding hydrogens is 204 g/mol. The second-order valence-electron chi connectivity index (χ2n) is 3.22. The van der Waals surface area contributed by atoms with Crippen molar-refractivity contribution in [1.29, 1.82) is 0 Å². The van der Waals surface area contributed by atoms with E-state index in [0.717, 1.165) is 11.3 Å². The lowest BCUT2D eigenvalue weighted by atomic mass is 10.3. The molecule has 3 rings (SSSR count). The van der Waals surface area contributed by atoms with E-state index in [-0.39, 0.29) is 0 Å². The molecule has 0 fully saturated rings. The van der Waals surface area contributed by atoms with Crippen molar-refractivity contribution in [3.8, 4) is 17.1 Å². The summed E-state index contributed by atoms with van der Waals surface area (Å²) in [6.07, 6.45) is 8.54. The quantitative estimate of drug-likeness (QED) is 0.689. The van der Waals surface area contributed by atoms with E-state index >= 15 is 0 Å². The average molecular weight is 212 g/mol. The van der Waals surface area contributed by atoms with Crippen LogP contribution in [0.1, 0.15) is 0 Å². The molecule has 0 saturated heterocycles. The van der Waals surface area contributed by atoms with Gasteiger partial charge in [0.05, 0.1) is 23.6 Å². The van der Waals surface area contributed by atoms with Crippen molar-refractivity contribution < 1.29 is 0 Å². The molecule has 16 heavy (non-hydrogen) atoms. The van der Waals surface area contributed by atoms with Gasteiger partial charge in [-0.1, -0.05) is 0 Å². The number of hydrogen-bond acceptors (Lipinski definition) is 4. The van der Waals surface area contributed by atoms with Gasteiger partial charge in [0, 0.05) is 12.4 Å². The minimum atomic E-state index is 0.704. The number of hydrogen-bond donors (Lipinski definition) is 1. The van der Waals surface area contributed by atoms with Crippen LogP contribution < -0.4 is 0 Å².